The van der Waals surface area contributed by atoms with E-state index in [0.29, 0.717) is 18.6 Å². The van der Waals surface area contributed by atoms with Crippen molar-refractivity contribution in [3.8, 4) is 0 Å². The summed E-state index contributed by atoms with van der Waals surface area (Å²) < 4.78 is 5.43. The molecule has 4 aromatic rings. The molecule has 0 fully saturated rings. The Kier molecular flexibility index (Phi) is 5.67. The minimum Gasteiger partial charge on any atom is -0.481 e. The fraction of sp³-hybridized carbons (Fsp3) is 0.400. The van der Waals surface area contributed by atoms with Crippen LogP contribution in [0.2, 0.25) is 0 Å². The second kappa shape index (κ2) is 8.30. The first-order valence-electron chi connectivity index (χ1n) is 11.1. The van der Waals surface area contributed by atoms with Crippen LogP contribution in [0.25, 0.3) is 22.1 Å². The van der Waals surface area contributed by atoms with Crippen LogP contribution in [0.5, 0.6) is 0 Å². The molecule has 168 valence electrons. The summed E-state index contributed by atoms with van der Waals surface area (Å²) in [5.41, 5.74) is 6.45. The highest BCUT2D eigenvalue weighted by molar-refractivity contribution is 5.88. The molecule has 0 spiro atoms. The third kappa shape index (κ3) is 3.72. The van der Waals surface area contributed by atoms with Crippen LogP contribution in [0.15, 0.2) is 35.3 Å². The Hall–Kier alpha value is -3.35. The van der Waals surface area contributed by atoms with Gasteiger partial charge < -0.3 is 9.67 Å². The highest BCUT2D eigenvalue weighted by Gasteiger charge is 2.24. The van der Waals surface area contributed by atoms with Crippen LogP contribution in [0.1, 0.15) is 54.6 Å². The summed E-state index contributed by atoms with van der Waals surface area (Å²) >= 11 is 0. The molecule has 7 nitrogen and oxygen atoms in total. The van der Waals surface area contributed by atoms with Gasteiger partial charge in [-0.3, -0.25) is 13.9 Å². The van der Waals surface area contributed by atoms with Gasteiger partial charge >= 0.3 is 11.7 Å². The zero-order chi connectivity index (χ0) is 23.2. The van der Waals surface area contributed by atoms with Crippen molar-refractivity contribution in [1.82, 2.24) is 18.7 Å². The van der Waals surface area contributed by atoms with E-state index < -0.39 is 12.0 Å². The van der Waals surface area contributed by atoms with Crippen molar-refractivity contribution >= 4 is 28.0 Å². The third-order valence-electron chi connectivity index (χ3n) is 6.19. The normalized spacial score (nSPS) is 12.7. The van der Waals surface area contributed by atoms with Gasteiger partial charge in [-0.2, -0.15) is 0 Å². The van der Waals surface area contributed by atoms with E-state index in [2.05, 4.69) is 41.7 Å². The molecule has 32 heavy (non-hydrogen) atoms. The summed E-state index contributed by atoms with van der Waals surface area (Å²) in [7, 11) is 2.02. The van der Waals surface area contributed by atoms with Gasteiger partial charge in [-0.25, -0.2) is 9.78 Å². The quantitative estimate of drug-likeness (QED) is 0.465. The Morgan fingerprint density at radius 3 is 2.59 bits per heavy atom. The Bertz CT molecular complexity index is 1390. The van der Waals surface area contributed by atoms with Crippen molar-refractivity contribution in [2.24, 2.45) is 7.05 Å². The number of nitrogens with zero attached hydrogens (tertiary/aromatic N) is 4. The number of rotatable bonds is 7. The highest BCUT2D eigenvalue weighted by Crippen LogP contribution is 2.28. The number of carboxylic acids is 1. The minimum atomic E-state index is -0.913. The summed E-state index contributed by atoms with van der Waals surface area (Å²) in [6, 6.07) is 7.70. The lowest BCUT2D eigenvalue weighted by Gasteiger charge is -2.15. The molecule has 4 rings (SSSR count). The molecule has 0 amide bonds. The van der Waals surface area contributed by atoms with Gasteiger partial charge in [0.15, 0.2) is 5.65 Å². The van der Waals surface area contributed by atoms with E-state index in [1.807, 2.05) is 33.0 Å². The van der Waals surface area contributed by atoms with Gasteiger partial charge in [0.1, 0.15) is 0 Å². The van der Waals surface area contributed by atoms with Crippen molar-refractivity contribution in [3.63, 3.8) is 0 Å². The first-order valence-corrected chi connectivity index (χ1v) is 11.1. The first kappa shape index (κ1) is 21.9. The van der Waals surface area contributed by atoms with E-state index in [1.54, 1.807) is 9.13 Å². The molecule has 1 aromatic carbocycles. The standard InChI is InChI=1S/C25H30N4O3/c1-6-7-19(12-22(30)31)29-24-20(9-8-17(4)26-24)28(25(29)32)14-18-13-27(5)21-11-15(2)10-16(3)23(18)21/h8-11,13,19H,6-7,12,14H2,1-5H3,(H,30,31)/t19-/m0/s1. The second-order valence-corrected chi connectivity index (χ2v) is 8.82. The monoisotopic (exact) mass is 434 g/mol. The van der Waals surface area contributed by atoms with Gasteiger partial charge in [-0.05, 0) is 62.1 Å². The molecule has 0 saturated carbocycles. The summed E-state index contributed by atoms with van der Waals surface area (Å²) in [5, 5.41) is 10.6. The largest absolute Gasteiger partial charge is 0.481 e. The van der Waals surface area contributed by atoms with Gasteiger partial charge in [-0.1, -0.05) is 19.4 Å². The maximum Gasteiger partial charge on any atom is 0.330 e. The molecule has 0 aliphatic carbocycles. The average molecular weight is 435 g/mol. The molecule has 1 atom stereocenters. The number of aliphatic carboxylic acids is 1. The highest BCUT2D eigenvalue weighted by atomic mass is 16.4. The van der Waals surface area contributed by atoms with Gasteiger partial charge in [0, 0.05) is 29.8 Å². The maximum absolute atomic E-state index is 13.7. The third-order valence-corrected chi connectivity index (χ3v) is 6.19. The topological polar surface area (TPSA) is 82.0 Å². The molecule has 0 unspecified atom stereocenters. The van der Waals surface area contributed by atoms with Crippen molar-refractivity contribution in [2.45, 2.75) is 59.5 Å². The minimum absolute atomic E-state index is 0.102. The molecule has 0 aliphatic rings. The Labute approximate surface area is 186 Å². The predicted molar refractivity (Wildman–Crippen MR) is 126 cm³/mol. The molecular formula is C25H30N4O3. The van der Waals surface area contributed by atoms with Crippen LogP contribution < -0.4 is 5.69 Å². The molecule has 7 heteroatoms. The van der Waals surface area contributed by atoms with Crippen LogP contribution in [0.4, 0.5) is 0 Å². The second-order valence-electron chi connectivity index (χ2n) is 8.82. The first-order chi connectivity index (χ1) is 15.2. The smallest absolute Gasteiger partial charge is 0.330 e. The Balaban J connectivity index is 1.93. The van der Waals surface area contributed by atoms with Crippen molar-refractivity contribution in [2.75, 3.05) is 0 Å². The molecular weight excluding hydrogens is 404 g/mol. The zero-order valence-electron chi connectivity index (χ0n) is 19.3. The van der Waals surface area contributed by atoms with E-state index in [9.17, 15) is 14.7 Å². The summed E-state index contributed by atoms with van der Waals surface area (Å²) in [6.07, 6.45) is 3.36. The summed E-state index contributed by atoms with van der Waals surface area (Å²) in [4.78, 5) is 29.9. The van der Waals surface area contributed by atoms with Gasteiger partial charge in [0.25, 0.3) is 0 Å². The Morgan fingerprint density at radius 1 is 1.16 bits per heavy atom. The van der Waals surface area contributed by atoms with E-state index >= 15 is 0 Å². The summed E-state index contributed by atoms with van der Waals surface area (Å²) in [6.45, 7) is 8.47. The van der Waals surface area contributed by atoms with Crippen molar-refractivity contribution < 1.29 is 9.90 Å². The lowest BCUT2D eigenvalue weighted by atomic mass is 10.0. The van der Waals surface area contributed by atoms with Crippen LogP contribution >= 0.6 is 0 Å². The molecule has 0 saturated heterocycles. The predicted octanol–water partition coefficient (Wildman–Crippen LogP) is 4.48. The fourth-order valence-electron chi connectivity index (χ4n) is 4.89. The lowest BCUT2D eigenvalue weighted by molar-refractivity contribution is -0.137. The molecule has 0 aliphatic heterocycles. The number of benzene rings is 1. The van der Waals surface area contributed by atoms with Gasteiger partial charge in [-0.15, -0.1) is 0 Å². The number of hydrogen-bond donors (Lipinski definition) is 1. The average Bonchev–Trinajstić information content (AvgIpc) is 3.15. The van der Waals surface area contributed by atoms with Crippen molar-refractivity contribution in [3.05, 3.63) is 63.3 Å². The number of imidazole rings is 1. The number of aromatic nitrogens is 4. The zero-order valence-corrected chi connectivity index (χ0v) is 19.3. The van der Waals surface area contributed by atoms with E-state index in [4.69, 9.17) is 0 Å². The molecule has 3 aromatic heterocycles. The molecule has 1 N–H and O–H groups in total. The Morgan fingerprint density at radius 2 is 1.91 bits per heavy atom. The van der Waals surface area contributed by atoms with Crippen LogP contribution in [-0.2, 0) is 18.4 Å². The van der Waals surface area contributed by atoms with E-state index in [0.717, 1.165) is 34.1 Å². The number of fused-ring (bicyclic) bond motifs is 2. The molecule has 0 radical (unpaired) electrons. The molecule has 0 bridgehead atoms. The van der Waals surface area contributed by atoms with Crippen LogP contribution in [0.3, 0.4) is 0 Å². The SMILES string of the molecule is CCC[C@@H](CC(=O)O)n1c(=O)n(Cc2cn(C)c3cc(C)cc(C)c23)c2ccc(C)nc21. The lowest BCUT2D eigenvalue weighted by Crippen LogP contribution is -2.29. The maximum atomic E-state index is 13.7. The van der Waals surface area contributed by atoms with E-state index in [-0.39, 0.29) is 12.1 Å². The number of carboxylic acid groups (broad SMARTS) is 1. The van der Waals surface area contributed by atoms with Gasteiger partial charge in [0.05, 0.1) is 24.5 Å². The number of pyridine rings is 1. The fourth-order valence-corrected chi connectivity index (χ4v) is 4.89. The number of carbonyl (C=O) groups is 1. The van der Waals surface area contributed by atoms with Crippen LogP contribution in [-0.4, -0.2) is 29.8 Å². The van der Waals surface area contributed by atoms with Crippen molar-refractivity contribution in [1.29, 1.82) is 0 Å². The number of aryl methyl sites for hydroxylation is 4. The molecule has 3 heterocycles. The number of hydrogen-bond acceptors (Lipinski definition) is 3. The van der Waals surface area contributed by atoms with E-state index in [1.165, 1.54) is 11.1 Å². The van der Waals surface area contributed by atoms with Gasteiger partial charge in [0.2, 0.25) is 0 Å². The summed E-state index contributed by atoms with van der Waals surface area (Å²) in [5.74, 6) is -0.913. The van der Waals surface area contributed by atoms with Crippen LogP contribution in [0, 0.1) is 20.8 Å².